The monoisotopic (exact) mass is 343 g/mol. The van der Waals surface area contributed by atoms with Crippen LogP contribution in [-0.4, -0.2) is 32.7 Å². The second kappa shape index (κ2) is 8.19. The molecule has 0 N–H and O–H groups in total. The fourth-order valence-corrected chi connectivity index (χ4v) is 2.55. The van der Waals surface area contributed by atoms with Gasteiger partial charge in [0.1, 0.15) is 17.2 Å². The summed E-state index contributed by atoms with van der Waals surface area (Å²) >= 11 is 0. The molecule has 0 saturated carbocycles. The molecule has 2 aromatic rings. The number of amides is 1. The number of ether oxygens (including phenoxy) is 3. The van der Waals surface area contributed by atoms with E-state index in [0.29, 0.717) is 22.9 Å². The minimum absolute atomic E-state index is 0.241. The van der Waals surface area contributed by atoms with Gasteiger partial charge in [-0.15, -0.1) is 0 Å². The van der Waals surface area contributed by atoms with E-state index >= 15 is 0 Å². The number of hydrogen-bond donors (Lipinski definition) is 0. The average molecular weight is 343 g/mol. The first-order valence-corrected chi connectivity index (χ1v) is 7.83. The molecule has 0 bridgehead atoms. The summed E-state index contributed by atoms with van der Waals surface area (Å²) < 4.78 is 15.9. The SMILES string of the molecule is CCOC(=O)c1ccccc1N(C(C)=O)c1c(OC)cccc1OC. The van der Waals surface area contributed by atoms with Crippen LogP contribution in [0, 0.1) is 0 Å². The van der Waals surface area contributed by atoms with E-state index in [2.05, 4.69) is 0 Å². The summed E-state index contributed by atoms with van der Waals surface area (Å²) in [6.45, 7) is 3.38. The van der Waals surface area contributed by atoms with Gasteiger partial charge in [-0.2, -0.15) is 0 Å². The molecule has 2 aromatic carbocycles. The van der Waals surface area contributed by atoms with Crippen molar-refractivity contribution < 1.29 is 23.8 Å². The molecule has 132 valence electrons. The number of anilines is 2. The van der Waals surface area contributed by atoms with Gasteiger partial charge in [0.2, 0.25) is 5.91 Å². The number of esters is 1. The Morgan fingerprint density at radius 3 is 2.08 bits per heavy atom. The van der Waals surface area contributed by atoms with E-state index in [1.807, 2.05) is 0 Å². The van der Waals surface area contributed by atoms with Crippen molar-refractivity contribution in [3.8, 4) is 11.5 Å². The number of para-hydroxylation sites is 2. The summed E-state index contributed by atoms with van der Waals surface area (Å²) in [6.07, 6.45) is 0. The van der Waals surface area contributed by atoms with Gasteiger partial charge in [0, 0.05) is 6.92 Å². The molecule has 0 spiro atoms. The van der Waals surface area contributed by atoms with Crippen LogP contribution in [0.1, 0.15) is 24.2 Å². The molecule has 6 nitrogen and oxygen atoms in total. The van der Waals surface area contributed by atoms with Crippen LogP contribution in [0.4, 0.5) is 11.4 Å². The highest BCUT2D eigenvalue weighted by Crippen LogP contribution is 2.42. The van der Waals surface area contributed by atoms with Crippen molar-refractivity contribution in [3.63, 3.8) is 0 Å². The lowest BCUT2D eigenvalue weighted by molar-refractivity contribution is -0.115. The fraction of sp³-hybridized carbons (Fsp3) is 0.263. The molecule has 1 amide bonds. The van der Waals surface area contributed by atoms with Gasteiger partial charge in [0.25, 0.3) is 0 Å². The molecule has 2 rings (SSSR count). The van der Waals surface area contributed by atoms with Crippen LogP contribution in [0.3, 0.4) is 0 Å². The average Bonchev–Trinajstić information content (AvgIpc) is 2.62. The normalized spacial score (nSPS) is 10.1. The van der Waals surface area contributed by atoms with Crippen molar-refractivity contribution in [2.24, 2.45) is 0 Å². The van der Waals surface area contributed by atoms with Crippen molar-refractivity contribution in [3.05, 3.63) is 48.0 Å². The Labute approximate surface area is 146 Å². The molecule has 0 aliphatic heterocycles. The molecule has 0 atom stereocenters. The maximum absolute atomic E-state index is 12.5. The summed E-state index contributed by atoms with van der Waals surface area (Å²) in [6, 6.07) is 12.0. The Morgan fingerprint density at radius 1 is 0.960 bits per heavy atom. The number of rotatable bonds is 6. The topological polar surface area (TPSA) is 65.1 Å². The quantitative estimate of drug-likeness (QED) is 0.750. The Morgan fingerprint density at radius 2 is 1.56 bits per heavy atom. The van der Waals surface area contributed by atoms with Crippen LogP contribution in [0.25, 0.3) is 0 Å². The molecule has 0 unspecified atom stereocenters. The first kappa shape index (κ1) is 18.3. The zero-order valence-electron chi connectivity index (χ0n) is 14.7. The highest BCUT2D eigenvalue weighted by molar-refractivity contribution is 6.07. The molecule has 0 saturated heterocycles. The van der Waals surface area contributed by atoms with Gasteiger partial charge in [-0.05, 0) is 31.2 Å². The molecule has 0 aliphatic carbocycles. The van der Waals surface area contributed by atoms with E-state index in [1.54, 1.807) is 49.4 Å². The third-order valence-corrected chi connectivity index (χ3v) is 3.58. The van der Waals surface area contributed by atoms with E-state index in [-0.39, 0.29) is 18.1 Å². The zero-order chi connectivity index (χ0) is 18.4. The largest absolute Gasteiger partial charge is 0.494 e. The zero-order valence-corrected chi connectivity index (χ0v) is 14.7. The van der Waals surface area contributed by atoms with E-state index in [0.717, 1.165) is 0 Å². The van der Waals surface area contributed by atoms with E-state index in [4.69, 9.17) is 14.2 Å². The van der Waals surface area contributed by atoms with Gasteiger partial charge in [0.15, 0.2) is 0 Å². The molecular weight excluding hydrogens is 322 g/mol. The Bertz CT molecular complexity index is 750. The maximum atomic E-state index is 12.5. The minimum atomic E-state index is -0.502. The number of benzene rings is 2. The number of nitrogens with zero attached hydrogens (tertiary/aromatic N) is 1. The fourth-order valence-electron chi connectivity index (χ4n) is 2.55. The lowest BCUT2D eigenvalue weighted by Crippen LogP contribution is -2.26. The molecule has 0 heterocycles. The van der Waals surface area contributed by atoms with Gasteiger partial charge in [-0.3, -0.25) is 9.69 Å². The third kappa shape index (κ3) is 3.74. The van der Waals surface area contributed by atoms with Crippen LogP contribution >= 0.6 is 0 Å². The summed E-state index contributed by atoms with van der Waals surface area (Å²) in [5.41, 5.74) is 1.11. The summed E-state index contributed by atoms with van der Waals surface area (Å²) in [7, 11) is 3.02. The van der Waals surface area contributed by atoms with Crippen molar-refractivity contribution in [2.75, 3.05) is 25.7 Å². The molecule has 0 aromatic heterocycles. The molecule has 0 aliphatic rings. The molecular formula is C19H21NO5. The van der Waals surface area contributed by atoms with Crippen molar-refractivity contribution >= 4 is 23.3 Å². The second-order valence-corrected chi connectivity index (χ2v) is 5.10. The van der Waals surface area contributed by atoms with E-state index in [9.17, 15) is 9.59 Å². The molecule has 25 heavy (non-hydrogen) atoms. The van der Waals surface area contributed by atoms with Crippen LogP contribution in [0.2, 0.25) is 0 Å². The Hall–Kier alpha value is -3.02. The highest BCUT2D eigenvalue weighted by atomic mass is 16.5. The number of carbonyl (C=O) groups excluding carboxylic acids is 2. The van der Waals surface area contributed by atoms with Crippen LogP contribution in [0.15, 0.2) is 42.5 Å². The second-order valence-electron chi connectivity index (χ2n) is 5.10. The molecule has 0 radical (unpaired) electrons. The van der Waals surface area contributed by atoms with Crippen molar-refractivity contribution in [1.82, 2.24) is 0 Å². The lowest BCUT2D eigenvalue weighted by atomic mass is 10.1. The van der Waals surface area contributed by atoms with Crippen LogP contribution < -0.4 is 14.4 Å². The third-order valence-electron chi connectivity index (χ3n) is 3.58. The molecule has 0 fully saturated rings. The Kier molecular flexibility index (Phi) is 6.00. The predicted molar refractivity (Wildman–Crippen MR) is 94.8 cm³/mol. The minimum Gasteiger partial charge on any atom is -0.494 e. The van der Waals surface area contributed by atoms with Gasteiger partial charge in [0.05, 0.1) is 32.1 Å². The first-order valence-electron chi connectivity index (χ1n) is 7.83. The van der Waals surface area contributed by atoms with Crippen molar-refractivity contribution in [2.45, 2.75) is 13.8 Å². The lowest BCUT2D eigenvalue weighted by Gasteiger charge is -2.26. The summed E-state index contributed by atoms with van der Waals surface area (Å²) in [5, 5.41) is 0. The predicted octanol–water partition coefficient (Wildman–Crippen LogP) is 3.57. The first-order chi connectivity index (χ1) is 12.0. The van der Waals surface area contributed by atoms with Crippen LogP contribution in [0.5, 0.6) is 11.5 Å². The maximum Gasteiger partial charge on any atom is 0.340 e. The summed E-state index contributed by atoms with van der Waals surface area (Å²) in [4.78, 5) is 26.2. The number of hydrogen-bond acceptors (Lipinski definition) is 5. The summed E-state index contributed by atoms with van der Waals surface area (Å²) in [5.74, 6) is 0.110. The van der Waals surface area contributed by atoms with Crippen molar-refractivity contribution in [1.29, 1.82) is 0 Å². The van der Waals surface area contributed by atoms with Gasteiger partial charge >= 0.3 is 5.97 Å². The van der Waals surface area contributed by atoms with Gasteiger partial charge in [-0.25, -0.2) is 4.79 Å². The number of methoxy groups -OCH3 is 2. The standard InChI is InChI=1S/C19H21NO5/c1-5-25-19(22)14-9-6-7-10-15(14)20(13(2)21)18-16(23-3)11-8-12-17(18)24-4/h6-12H,5H2,1-4H3. The van der Waals surface area contributed by atoms with Gasteiger partial charge < -0.3 is 14.2 Å². The van der Waals surface area contributed by atoms with Crippen LogP contribution in [-0.2, 0) is 9.53 Å². The Balaban J connectivity index is 2.70. The highest BCUT2D eigenvalue weighted by Gasteiger charge is 2.26. The van der Waals surface area contributed by atoms with E-state index < -0.39 is 5.97 Å². The van der Waals surface area contributed by atoms with E-state index in [1.165, 1.54) is 26.0 Å². The molecule has 6 heteroatoms. The smallest absolute Gasteiger partial charge is 0.340 e. The number of carbonyl (C=O) groups is 2. The van der Waals surface area contributed by atoms with Gasteiger partial charge in [-0.1, -0.05) is 18.2 Å².